The van der Waals surface area contributed by atoms with Crippen LogP contribution in [-0.4, -0.2) is 22.5 Å². The number of anilines is 1. The third-order valence-electron chi connectivity index (χ3n) is 5.45. The number of hydrogen-bond donors (Lipinski definition) is 1. The van der Waals surface area contributed by atoms with Gasteiger partial charge >= 0.3 is 6.03 Å². The van der Waals surface area contributed by atoms with E-state index in [0.717, 1.165) is 24.3 Å². The second-order valence-corrected chi connectivity index (χ2v) is 6.67. The second-order valence-electron chi connectivity index (χ2n) is 6.67. The number of pyridine rings is 1. The van der Waals surface area contributed by atoms with Crippen LogP contribution < -0.4 is 10.2 Å². The Morgan fingerprint density at radius 1 is 1.29 bits per heavy atom. The summed E-state index contributed by atoms with van der Waals surface area (Å²) in [4.78, 5) is 30.4. The van der Waals surface area contributed by atoms with Gasteiger partial charge < -0.3 is 5.32 Å². The second kappa shape index (κ2) is 4.29. The highest BCUT2D eigenvalue weighted by Gasteiger charge is 2.60. The summed E-state index contributed by atoms with van der Waals surface area (Å²) < 4.78 is 0. The maximum absolute atomic E-state index is 12.8. The molecule has 5 nitrogen and oxygen atoms in total. The Morgan fingerprint density at radius 3 is 2.67 bits per heavy atom. The highest BCUT2D eigenvalue weighted by Crippen LogP contribution is 2.51. The van der Waals surface area contributed by atoms with Crippen LogP contribution >= 0.6 is 0 Å². The molecule has 3 aliphatic rings. The topological polar surface area (TPSA) is 62.3 Å². The van der Waals surface area contributed by atoms with Gasteiger partial charge in [0.1, 0.15) is 5.54 Å². The number of rotatable bonds is 2. The van der Waals surface area contributed by atoms with Crippen molar-refractivity contribution in [3.63, 3.8) is 0 Å². The molecule has 0 atom stereocenters. The number of aromatic nitrogens is 1. The van der Waals surface area contributed by atoms with Gasteiger partial charge in [0.25, 0.3) is 5.91 Å². The number of nitrogens with one attached hydrogen (secondary N) is 1. The Labute approximate surface area is 123 Å². The number of amides is 3. The average Bonchev–Trinajstić information content (AvgIpc) is 2.60. The van der Waals surface area contributed by atoms with Gasteiger partial charge in [-0.15, -0.1) is 0 Å². The van der Waals surface area contributed by atoms with Gasteiger partial charge in [0.2, 0.25) is 0 Å². The van der Waals surface area contributed by atoms with Crippen molar-refractivity contribution in [3.8, 4) is 0 Å². The van der Waals surface area contributed by atoms with E-state index in [1.165, 1.54) is 24.2 Å². The molecule has 3 fully saturated rings. The zero-order valence-corrected chi connectivity index (χ0v) is 12.1. The molecule has 3 amide bonds. The molecule has 5 heteroatoms. The van der Waals surface area contributed by atoms with E-state index in [2.05, 4.69) is 10.3 Å². The van der Waals surface area contributed by atoms with Crippen LogP contribution in [-0.2, 0) is 4.79 Å². The summed E-state index contributed by atoms with van der Waals surface area (Å²) in [5.41, 5.74) is 0.851. The summed E-state index contributed by atoms with van der Waals surface area (Å²) in [7, 11) is 0. The molecule has 0 radical (unpaired) electrons. The quantitative estimate of drug-likeness (QED) is 0.849. The van der Waals surface area contributed by atoms with Crippen molar-refractivity contribution >= 4 is 17.6 Å². The first-order valence-corrected chi connectivity index (χ1v) is 7.68. The molecule has 1 N–H and O–H groups in total. The van der Waals surface area contributed by atoms with Crippen LogP contribution in [0.25, 0.3) is 0 Å². The van der Waals surface area contributed by atoms with Crippen LogP contribution in [0.2, 0.25) is 0 Å². The van der Waals surface area contributed by atoms with Crippen LogP contribution in [0.1, 0.15) is 37.7 Å². The fraction of sp³-hybridized carbons (Fsp3) is 0.562. The molecule has 2 aliphatic carbocycles. The summed E-state index contributed by atoms with van der Waals surface area (Å²) in [5, 5.41) is 2.94. The Kier molecular flexibility index (Phi) is 2.62. The van der Waals surface area contributed by atoms with E-state index in [4.69, 9.17) is 0 Å². The Bertz CT molecular complexity index is 618. The molecule has 2 saturated carbocycles. The number of hydrogen-bond acceptors (Lipinski definition) is 3. The summed E-state index contributed by atoms with van der Waals surface area (Å²) in [6.45, 7) is 1.89. The third-order valence-corrected chi connectivity index (χ3v) is 5.45. The molecule has 110 valence electrons. The first-order valence-electron chi connectivity index (χ1n) is 7.68. The van der Waals surface area contributed by atoms with Crippen molar-refractivity contribution in [3.05, 3.63) is 24.0 Å². The summed E-state index contributed by atoms with van der Waals surface area (Å²) in [6.07, 6.45) is 8.76. The maximum atomic E-state index is 12.8. The normalized spacial score (nSPS) is 32.0. The van der Waals surface area contributed by atoms with Gasteiger partial charge in [0.15, 0.2) is 0 Å². The Hall–Kier alpha value is -1.91. The molecule has 0 unspecified atom stereocenters. The lowest BCUT2D eigenvalue weighted by Crippen LogP contribution is -2.59. The van der Waals surface area contributed by atoms with E-state index in [9.17, 15) is 9.59 Å². The average molecular weight is 285 g/mol. The summed E-state index contributed by atoms with van der Waals surface area (Å²) >= 11 is 0. The van der Waals surface area contributed by atoms with Crippen LogP contribution in [0.3, 0.4) is 0 Å². The fourth-order valence-electron chi connectivity index (χ4n) is 3.89. The van der Waals surface area contributed by atoms with E-state index in [-0.39, 0.29) is 11.9 Å². The van der Waals surface area contributed by atoms with E-state index < -0.39 is 5.54 Å². The number of imide groups is 1. The van der Waals surface area contributed by atoms with Gasteiger partial charge in [0, 0.05) is 6.20 Å². The van der Waals surface area contributed by atoms with E-state index in [1.54, 1.807) is 12.4 Å². The lowest BCUT2D eigenvalue weighted by molar-refractivity contribution is -0.128. The van der Waals surface area contributed by atoms with Crippen LogP contribution in [0, 0.1) is 18.8 Å². The van der Waals surface area contributed by atoms with Crippen molar-refractivity contribution in [2.24, 2.45) is 11.8 Å². The minimum atomic E-state index is -0.639. The van der Waals surface area contributed by atoms with Gasteiger partial charge in [-0.1, -0.05) is 19.3 Å². The predicted octanol–water partition coefficient (Wildman–Crippen LogP) is 2.40. The van der Waals surface area contributed by atoms with Crippen LogP contribution in [0.4, 0.5) is 10.5 Å². The van der Waals surface area contributed by atoms with Gasteiger partial charge in [0.05, 0.1) is 11.9 Å². The van der Waals surface area contributed by atoms with E-state index >= 15 is 0 Å². The smallest absolute Gasteiger partial charge is 0.323 e. The molecular formula is C16H19N3O2. The molecule has 4 rings (SSSR count). The lowest BCUT2D eigenvalue weighted by Gasteiger charge is -2.49. The van der Waals surface area contributed by atoms with Crippen molar-refractivity contribution in [1.82, 2.24) is 10.3 Å². The molecule has 21 heavy (non-hydrogen) atoms. The number of carbonyl (C=O) groups excluding carboxylic acids is 2. The largest absolute Gasteiger partial charge is 0.329 e. The Morgan fingerprint density at radius 2 is 2.05 bits per heavy atom. The van der Waals surface area contributed by atoms with Crippen molar-refractivity contribution < 1.29 is 9.59 Å². The summed E-state index contributed by atoms with van der Waals surface area (Å²) in [6, 6.07) is 1.52. The first kappa shape index (κ1) is 12.8. The van der Waals surface area contributed by atoms with Crippen LogP contribution in [0.15, 0.2) is 18.5 Å². The molecule has 1 aromatic rings. The van der Waals surface area contributed by atoms with Crippen molar-refractivity contribution in [1.29, 1.82) is 0 Å². The van der Waals surface area contributed by atoms with Crippen LogP contribution in [0.5, 0.6) is 0 Å². The molecule has 0 bridgehead atoms. The number of carbonyl (C=O) groups is 2. The fourth-order valence-corrected chi connectivity index (χ4v) is 3.89. The standard InChI is InChI=1S/C16H19N3O2/c1-10-5-6-17-9-13(10)19-14(20)16(18-15(19)21)7-12(8-16)11-3-2-4-11/h5-6,9,11-12H,2-4,7-8H2,1H3,(H,18,21). The van der Waals surface area contributed by atoms with Crippen molar-refractivity contribution in [2.75, 3.05) is 4.90 Å². The van der Waals surface area contributed by atoms with Gasteiger partial charge in [-0.05, 0) is 43.2 Å². The molecule has 0 aromatic carbocycles. The Balaban J connectivity index is 1.57. The van der Waals surface area contributed by atoms with Gasteiger partial charge in [-0.25, -0.2) is 9.69 Å². The maximum Gasteiger partial charge on any atom is 0.329 e. The first-order chi connectivity index (χ1) is 10.1. The van der Waals surface area contributed by atoms with E-state index in [1.807, 2.05) is 13.0 Å². The number of nitrogens with zero attached hydrogens (tertiary/aromatic N) is 2. The SMILES string of the molecule is Cc1ccncc1N1C(=O)NC2(CC(C3CCC3)C2)C1=O. The third kappa shape index (κ3) is 1.73. The molecule has 1 aromatic heterocycles. The van der Waals surface area contributed by atoms with Gasteiger partial charge in [-0.3, -0.25) is 9.78 Å². The zero-order chi connectivity index (χ0) is 14.6. The molecule has 1 aliphatic heterocycles. The highest BCUT2D eigenvalue weighted by atomic mass is 16.2. The molecular weight excluding hydrogens is 266 g/mol. The predicted molar refractivity (Wildman–Crippen MR) is 77.8 cm³/mol. The summed E-state index contributed by atoms with van der Waals surface area (Å²) in [5.74, 6) is 1.28. The molecule has 1 spiro atoms. The van der Waals surface area contributed by atoms with Crippen molar-refractivity contribution in [2.45, 2.75) is 44.6 Å². The minimum Gasteiger partial charge on any atom is -0.323 e. The molecule has 2 heterocycles. The lowest BCUT2D eigenvalue weighted by atomic mass is 9.58. The number of urea groups is 1. The van der Waals surface area contributed by atoms with E-state index in [0.29, 0.717) is 11.6 Å². The minimum absolute atomic E-state index is 0.0980. The number of aryl methyl sites for hydroxylation is 1. The molecule has 1 saturated heterocycles. The zero-order valence-electron chi connectivity index (χ0n) is 12.1. The monoisotopic (exact) mass is 285 g/mol. The van der Waals surface area contributed by atoms with Gasteiger partial charge in [-0.2, -0.15) is 0 Å². The highest BCUT2D eigenvalue weighted by molar-refractivity contribution is 6.24.